The van der Waals surface area contributed by atoms with Crippen LogP contribution in [0.5, 0.6) is 0 Å². The van der Waals surface area contributed by atoms with Crippen molar-refractivity contribution in [1.29, 1.82) is 0 Å². The van der Waals surface area contributed by atoms with Gasteiger partial charge >= 0.3 is 0 Å². The van der Waals surface area contributed by atoms with Crippen molar-refractivity contribution in [2.75, 3.05) is 52.0 Å². The van der Waals surface area contributed by atoms with Gasteiger partial charge in [-0.15, -0.1) is 0 Å². The van der Waals surface area contributed by atoms with E-state index in [0.29, 0.717) is 12.5 Å². The Kier molecular flexibility index (Phi) is 6.17. The van der Waals surface area contributed by atoms with Crippen LogP contribution in [0.2, 0.25) is 0 Å². The van der Waals surface area contributed by atoms with Crippen molar-refractivity contribution in [2.24, 2.45) is 5.92 Å². The maximum atomic E-state index is 5.21. The van der Waals surface area contributed by atoms with E-state index in [-0.39, 0.29) is 0 Å². The fourth-order valence-electron chi connectivity index (χ4n) is 2.40. The molecule has 1 aliphatic rings. The van der Waals surface area contributed by atoms with Crippen LogP contribution >= 0.6 is 0 Å². The van der Waals surface area contributed by atoms with Gasteiger partial charge < -0.3 is 19.7 Å². The zero-order valence-electron chi connectivity index (χ0n) is 12.3. The molecule has 0 aliphatic carbocycles. The van der Waals surface area contributed by atoms with Gasteiger partial charge in [0.15, 0.2) is 0 Å². The Balaban J connectivity index is 1.79. The van der Waals surface area contributed by atoms with Crippen LogP contribution in [0.4, 0.5) is 5.95 Å². The summed E-state index contributed by atoms with van der Waals surface area (Å²) in [6, 6.07) is 0. The first-order valence-corrected chi connectivity index (χ1v) is 7.08. The zero-order chi connectivity index (χ0) is 14.2. The van der Waals surface area contributed by atoms with Gasteiger partial charge in [0.2, 0.25) is 5.95 Å². The molecule has 1 aromatic heterocycles. The lowest BCUT2D eigenvalue weighted by Crippen LogP contribution is -2.23. The summed E-state index contributed by atoms with van der Waals surface area (Å²) in [7, 11) is 3.46. The van der Waals surface area contributed by atoms with E-state index < -0.39 is 0 Å². The highest BCUT2D eigenvalue weighted by Crippen LogP contribution is 2.20. The average molecular weight is 280 g/mol. The lowest BCUT2D eigenvalue weighted by atomic mass is 10.1. The molecule has 6 nitrogen and oxygen atoms in total. The van der Waals surface area contributed by atoms with Crippen molar-refractivity contribution in [2.45, 2.75) is 13.0 Å². The summed E-state index contributed by atoms with van der Waals surface area (Å²) in [5, 5.41) is 3.28. The third-order valence-corrected chi connectivity index (χ3v) is 3.47. The minimum absolute atomic E-state index is 0.596. The number of nitrogens with one attached hydrogen (secondary N) is 1. The maximum absolute atomic E-state index is 5.21. The molecule has 1 aliphatic heterocycles. The van der Waals surface area contributed by atoms with E-state index in [4.69, 9.17) is 9.47 Å². The largest absolute Gasteiger partial charge is 0.384 e. The minimum Gasteiger partial charge on any atom is -0.384 e. The highest BCUT2D eigenvalue weighted by atomic mass is 16.5. The van der Waals surface area contributed by atoms with Gasteiger partial charge in [0.1, 0.15) is 0 Å². The molecule has 1 saturated heterocycles. The number of methoxy groups -OCH3 is 2. The van der Waals surface area contributed by atoms with E-state index >= 15 is 0 Å². The number of rotatable bonds is 8. The van der Waals surface area contributed by atoms with E-state index in [0.717, 1.165) is 50.7 Å². The number of nitrogens with zero attached hydrogens (tertiary/aromatic N) is 3. The summed E-state index contributed by atoms with van der Waals surface area (Å²) in [4.78, 5) is 11.1. The van der Waals surface area contributed by atoms with E-state index in [1.54, 1.807) is 14.2 Å². The van der Waals surface area contributed by atoms with Gasteiger partial charge in [0.25, 0.3) is 0 Å². The lowest BCUT2D eigenvalue weighted by molar-refractivity contribution is 0.161. The molecule has 1 N–H and O–H groups in total. The van der Waals surface area contributed by atoms with Crippen LogP contribution in [0.15, 0.2) is 12.4 Å². The molecule has 0 aromatic carbocycles. The summed E-state index contributed by atoms with van der Waals surface area (Å²) < 4.78 is 10.2. The molecule has 0 radical (unpaired) electrons. The van der Waals surface area contributed by atoms with Crippen LogP contribution in [0, 0.1) is 5.92 Å². The van der Waals surface area contributed by atoms with Crippen LogP contribution in [0.1, 0.15) is 12.0 Å². The van der Waals surface area contributed by atoms with Crippen molar-refractivity contribution in [3.8, 4) is 0 Å². The predicted molar refractivity (Wildman–Crippen MR) is 77.8 cm³/mol. The molecule has 1 fully saturated rings. The Labute approximate surface area is 120 Å². The summed E-state index contributed by atoms with van der Waals surface area (Å²) in [5.74, 6) is 1.42. The lowest BCUT2D eigenvalue weighted by Gasteiger charge is -2.16. The third kappa shape index (κ3) is 4.40. The number of hydrogen-bond donors (Lipinski definition) is 1. The molecule has 0 bridgehead atoms. The fraction of sp³-hybridized carbons (Fsp3) is 0.714. The molecule has 2 rings (SSSR count). The van der Waals surface area contributed by atoms with E-state index in [1.165, 1.54) is 0 Å². The maximum Gasteiger partial charge on any atom is 0.225 e. The summed E-state index contributed by atoms with van der Waals surface area (Å²) in [5.41, 5.74) is 1.09. The first kappa shape index (κ1) is 15.2. The second-order valence-electron chi connectivity index (χ2n) is 5.12. The molecule has 1 unspecified atom stereocenters. The van der Waals surface area contributed by atoms with Gasteiger partial charge in [-0.1, -0.05) is 0 Å². The molecule has 6 heteroatoms. The number of ether oxygens (including phenoxy) is 2. The minimum atomic E-state index is 0.596. The summed E-state index contributed by atoms with van der Waals surface area (Å²) >= 11 is 0. The Morgan fingerprint density at radius 3 is 2.80 bits per heavy atom. The smallest absolute Gasteiger partial charge is 0.225 e. The molecule has 0 saturated carbocycles. The van der Waals surface area contributed by atoms with Crippen molar-refractivity contribution in [3.05, 3.63) is 18.0 Å². The highest BCUT2D eigenvalue weighted by molar-refractivity contribution is 5.31. The Morgan fingerprint density at radius 1 is 1.30 bits per heavy atom. The van der Waals surface area contributed by atoms with Crippen LogP contribution in [-0.4, -0.2) is 57.0 Å². The van der Waals surface area contributed by atoms with Crippen LogP contribution in [0.3, 0.4) is 0 Å². The quantitative estimate of drug-likeness (QED) is 0.707. The number of aromatic nitrogens is 2. The fourth-order valence-corrected chi connectivity index (χ4v) is 2.40. The summed E-state index contributed by atoms with van der Waals surface area (Å²) in [6.07, 6.45) is 4.94. The zero-order valence-corrected chi connectivity index (χ0v) is 12.3. The highest BCUT2D eigenvalue weighted by Gasteiger charge is 2.23. The molecule has 0 spiro atoms. The normalized spacial score (nSPS) is 18.7. The van der Waals surface area contributed by atoms with Crippen LogP contribution in [0.25, 0.3) is 0 Å². The first-order chi connectivity index (χ1) is 9.83. The number of hydrogen-bond acceptors (Lipinski definition) is 6. The Hall–Kier alpha value is -1.24. The van der Waals surface area contributed by atoms with Gasteiger partial charge in [-0.2, -0.15) is 0 Å². The van der Waals surface area contributed by atoms with Crippen molar-refractivity contribution in [1.82, 2.24) is 15.3 Å². The molecule has 2 heterocycles. The topological polar surface area (TPSA) is 59.5 Å². The average Bonchev–Trinajstić information content (AvgIpc) is 2.93. The molecule has 112 valence electrons. The second kappa shape index (κ2) is 8.14. The van der Waals surface area contributed by atoms with Gasteiger partial charge in [-0.05, 0) is 6.42 Å². The van der Waals surface area contributed by atoms with E-state index in [1.807, 2.05) is 12.4 Å². The Morgan fingerprint density at radius 2 is 2.10 bits per heavy atom. The van der Waals surface area contributed by atoms with Crippen LogP contribution in [-0.2, 0) is 16.0 Å². The van der Waals surface area contributed by atoms with Crippen molar-refractivity contribution in [3.63, 3.8) is 0 Å². The molecule has 20 heavy (non-hydrogen) atoms. The van der Waals surface area contributed by atoms with Gasteiger partial charge in [0, 0.05) is 64.3 Å². The molecular weight excluding hydrogens is 256 g/mol. The van der Waals surface area contributed by atoms with Crippen LogP contribution < -0.4 is 10.2 Å². The SMILES string of the molecule is COCCNCc1cnc(N2CCC(COC)C2)nc1. The first-order valence-electron chi connectivity index (χ1n) is 7.08. The van der Waals surface area contributed by atoms with Gasteiger partial charge in [-0.25, -0.2) is 9.97 Å². The van der Waals surface area contributed by atoms with Gasteiger partial charge in [-0.3, -0.25) is 0 Å². The van der Waals surface area contributed by atoms with E-state index in [2.05, 4.69) is 20.2 Å². The standard InChI is InChI=1S/C14H24N4O2/c1-19-6-4-15-7-13-8-16-14(17-9-13)18-5-3-12(10-18)11-20-2/h8-9,12,15H,3-7,10-11H2,1-2H3. The summed E-state index contributed by atoms with van der Waals surface area (Å²) in [6.45, 7) is 5.14. The van der Waals surface area contributed by atoms with E-state index in [9.17, 15) is 0 Å². The molecule has 1 aromatic rings. The monoisotopic (exact) mass is 280 g/mol. The Bertz CT molecular complexity index is 385. The third-order valence-electron chi connectivity index (χ3n) is 3.47. The molecule has 0 amide bonds. The van der Waals surface area contributed by atoms with Gasteiger partial charge in [0.05, 0.1) is 13.2 Å². The second-order valence-corrected chi connectivity index (χ2v) is 5.12. The molecule has 1 atom stereocenters. The number of anilines is 1. The molecular formula is C14H24N4O2. The van der Waals surface area contributed by atoms with Crippen molar-refractivity contribution >= 4 is 5.95 Å². The van der Waals surface area contributed by atoms with Crippen molar-refractivity contribution < 1.29 is 9.47 Å². The predicted octanol–water partition coefficient (Wildman–Crippen LogP) is 0.685.